The molecule has 0 aliphatic carbocycles. The Morgan fingerprint density at radius 1 is 0.864 bits per heavy atom. The number of nitrogens with zero attached hydrogens (tertiary/aromatic N) is 2. The maximum atomic E-state index is 12.7. The molecule has 2 rings (SSSR count). The van der Waals surface area contributed by atoms with Crippen LogP contribution in [0.1, 0.15) is 40.9 Å². The summed E-state index contributed by atoms with van der Waals surface area (Å²) in [7, 11) is 0. The van der Waals surface area contributed by atoms with E-state index in [-0.39, 0.29) is 17.7 Å². The minimum absolute atomic E-state index is 0.0178. The third kappa shape index (κ3) is 3.32. The maximum Gasteiger partial charge on any atom is 0.254 e. The van der Waals surface area contributed by atoms with Gasteiger partial charge in [0.15, 0.2) is 0 Å². The van der Waals surface area contributed by atoms with Gasteiger partial charge in [-0.05, 0) is 43.5 Å². The summed E-state index contributed by atoms with van der Waals surface area (Å²) >= 11 is 0. The van der Waals surface area contributed by atoms with Gasteiger partial charge in [-0.2, -0.15) is 0 Å². The molecule has 1 aliphatic rings. The first-order valence-electron chi connectivity index (χ1n) is 7.97. The fraction of sp³-hybridized carbons (Fsp3) is 0.556. The molecule has 0 radical (unpaired) electrons. The quantitative estimate of drug-likeness (QED) is 0.842. The predicted molar refractivity (Wildman–Crippen MR) is 88.0 cm³/mol. The zero-order valence-electron chi connectivity index (χ0n) is 14.3. The molecule has 0 unspecified atom stereocenters. The molecule has 0 spiro atoms. The number of hydrogen-bond donors (Lipinski definition) is 0. The average molecular weight is 302 g/mol. The van der Waals surface area contributed by atoms with Crippen LogP contribution in [0.4, 0.5) is 0 Å². The summed E-state index contributed by atoms with van der Waals surface area (Å²) in [6.07, 6.45) is 0. The second-order valence-corrected chi connectivity index (χ2v) is 6.52. The summed E-state index contributed by atoms with van der Waals surface area (Å²) < 4.78 is 0. The standard InChI is InChI=1S/C18H26N2O2/c1-12(2)17(21)19-6-8-20(9-7-19)18(22)16-11-14(4)13(3)10-15(16)5/h10-12H,6-9H2,1-5H3. The van der Waals surface area contributed by atoms with Gasteiger partial charge in [-0.25, -0.2) is 0 Å². The summed E-state index contributed by atoms with van der Waals surface area (Å²) in [4.78, 5) is 28.4. The number of amides is 2. The first-order valence-corrected chi connectivity index (χ1v) is 7.97. The van der Waals surface area contributed by atoms with Crippen LogP contribution < -0.4 is 0 Å². The van der Waals surface area contributed by atoms with Crippen molar-refractivity contribution in [2.75, 3.05) is 26.2 Å². The van der Waals surface area contributed by atoms with E-state index in [9.17, 15) is 9.59 Å². The number of hydrogen-bond acceptors (Lipinski definition) is 2. The van der Waals surface area contributed by atoms with E-state index in [0.29, 0.717) is 26.2 Å². The maximum absolute atomic E-state index is 12.7. The lowest BCUT2D eigenvalue weighted by Gasteiger charge is -2.36. The number of rotatable bonds is 2. The highest BCUT2D eigenvalue weighted by molar-refractivity contribution is 5.96. The smallest absolute Gasteiger partial charge is 0.254 e. The van der Waals surface area contributed by atoms with Gasteiger partial charge in [0, 0.05) is 37.7 Å². The van der Waals surface area contributed by atoms with Crippen LogP contribution in [0, 0.1) is 26.7 Å². The minimum atomic E-state index is 0.0178. The lowest BCUT2D eigenvalue weighted by molar-refractivity contribution is -0.135. The summed E-state index contributed by atoms with van der Waals surface area (Å²) in [5.41, 5.74) is 4.16. The van der Waals surface area contributed by atoms with Gasteiger partial charge < -0.3 is 9.80 Å². The van der Waals surface area contributed by atoms with Gasteiger partial charge in [0.2, 0.25) is 5.91 Å². The van der Waals surface area contributed by atoms with Crippen LogP contribution in [0.3, 0.4) is 0 Å². The molecule has 0 saturated carbocycles. The molecule has 4 heteroatoms. The highest BCUT2D eigenvalue weighted by Crippen LogP contribution is 2.18. The van der Waals surface area contributed by atoms with Crippen molar-refractivity contribution in [3.63, 3.8) is 0 Å². The number of carbonyl (C=O) groups excluding carboxylic acids is 2. The SMILES string of the molecule is Cc1cc(C)c(C(=O)N2CCN(C(=O)C(C)C)CC2)cc1C. The van der Waals surface area contributed by atoms with Gasteiger partial charge in [-0.15, -0.1) is 0 Å². The van der Waals surface area contributed by atoms with Crippen molar-refractivity contribution >= 4 is 11.8 Å². The molecule has 1 aromatic carbocycles. The normalized spacial score (nSPS) is 15.4. The molecule has 0 N–H and O–H groups in total. The third-order valence-corrected chi connectivity index (χ3v) is 4.44. The van der Waals surface area contributed by atoms with Crippen LogP contribution in [0.2, 0.25) is 0 Å². The van der Waals surface area contributed by atoms with Crippen LogP contribution in [-0.4, -0.2) is 47.8 Å². The van der Waals surface area contributed by atoms with E-state index in [0.717, 1.165) is 16.7 Å². The van der Waals surface area contributed by atoms with Crippen LogP contribution in [0.25, 0.3) is 0 Å². The van der Waals surface area contributed by atoms with Gasteiger partial charge in [0.1, 0.15) is 0 Å². The molecular formula is C18H26N2O2. The molecule has 1 saturated heterocycles. The van der Waals surface area contributed by atoms with Crippen LogP contribution in [-0.2, 0) is 4.79 Å². The van der Waals surface area contributed by atoms with E-state index in [1.807, 2.05) is 43.6 Å². The van der Waals surface area contributed by atoms with Crippen molar-refractivity contribution in [2.24, 2.45) is 5.92 Å². The molecule has 0 aromatic heterocycles. The highest BCUT2D eigenvalue weighted by atomic mass is 16.2. The molecule has 4 nitrogen and oxygen atoms in total. The van der Waals surface area contributed by atoms with Crippen molar-refractivity contribution in [3.05, 3.63) is 34.4 Å². The summed E-state index contributed by atoms with van der Waals surface area (Å²) in [6, 6.07) is 4.06. The Hall–Kier alpha value is -1.84. The van der Waals surface area contributed by atoms with Crippen molar-refractivity contribution < 1.29 is 9.59 Å². The van der Waals surface area contributed by atoms with Crippen LogP contribution in [0.5, 0.6) is 0 Å². The van der Waals surface area contributed by atoms with E-state index in [1.54, 1.807) is 0 Å². The highest BCUT2D eigenvalue weighted by Gasteiger charge is 2.26. The van der Waals surface area contributed by atoms with Crippen molar-refractivity contribution in [1.82, 2.24) is 9.80 Å². The van der Waals surface area contributed by atoms with E-state index in [4.69, 9.17) is 0 Å². The van der Waals surface area contributed by atoms with Crippen molar-refractivity contribution in [3.8, 4) is 0 Å². The average Bonchev–Trinajstić information content (AvgIpc) is 2.49. The third-order valence-electron chi connectivity index (χ3n) is 4.44. The Morgan fingerprint density at radius 2 is 1.36 bits per heavy atom. The number of aryl methyl sites for hydroxylation is 3. The van der Waals surface area contributed by atoms with Gasteiger partial charge in [-0.1, -0.05) is 19.9 Å². The van der Waals surface area contributed by atoms with Gasteiger partial charge in [0.25, 0.3) is 5.91 Å². The Bertz CT molecular complexity index is 585. The fourth-order valence-electron chi connectivity index (χ4n) is 2.86. The summed E-state index contributed by atoms with van der Waals surface area (Å²) in [6.45, 7) is 12.4. The summed E-state index contributed by atoms with van der Waals surface area (Å²) in [5, 5.41) is 0. The first kappa shape index (κ1) is 16.5. The molecule has 1 heterocycles. The predicted octanol–water partition coefficient (Wildman–Crippen LogP) is 2.55. The molecule has 22 heavy (non-hydrogen) atoms. The topological polar surface area (TPSA) is 40.6 Å². The zero-order valence-corrected chi connectivity index (χ0v) is 14.3. The Morgan fingerprint density at radius 3 is 1.91 bits per heavy atom. The molecule has 0 atom stereocenters. The number of piperazine rings is 1. The van der Waals surface area contributed by atoms with Crippen LogP contribution in [0.15, 0.2) is 12.1 Å². The van der Waals surface area contributed by atoms with Crippen LogP contribution >= 0.6 is 0 Å². The molecule has 2 amide bonds. The van der Waals surface area contributed by atoms with Crippen molar-refractivity contribution in [2.45, 2.75) is 34.6 Å². The van der Waals surface area contributed by atoms with E-state index < -0.39 is 0 Å². The molecule has 120 valence electrons. The molecule has 1 fully saturated rings. The number of carbonyl (C=O) groups is 2. The van der Waals surface area contributed by atoms with Gasteiger partial charge in [-0.3, -0.25) is 9.59 Å². The van der Waals surface area contributed by atoms with E-state index in [1.165, 1.54) is 5.56 Å². The lowest BCUT2D eigenvalue weighted by atomic mass is 9.99. The van der Waals surface area contributed by atoms with Gasteiger partial charge >= 0.3 is 0 Å². The largest absolute Gasteiger partial charge is 0.339 e. The Labute approximate surface area is 133 Å². The molecule has 0 bridgehead atoms. The minimum Gasteiger partial charge on any atom is -0.339 e. The summed E-state index contributed by atoms with van der Waals surface area (Å²) in [5.74, 6) is 0.274. The van der Waals surface area contributed by atoms with E-state index >= 15 is 0 Å². The molecule has 1 aliphatic heterocycles. The van der Waals surface area contributed by atoms with E-state index in [2.05, 4.69) is 13.0 Å². The Kier molecular flexibility index (Phi) is 4.89. The first-order chi connectivity index (χ1) is 10.3. The lowest BCUT2D eigenvalue weighted by Crippen LogP contribution is -2.51. The molecule has 1 aromatic rings. The fourth-order valence-corrected chi connectivity index (χ4v) is 2.86. The molecular weight excluding hydrogens is 276 g/mol. The second kappa shape index (κ2) is 6.51. The Balaban J connectivity index is 2.07. The monoisotopic (exact) mass is 302 g/mol. The van der Waals surface area contributed by atoms with Gasteiger partial charge in [0.05, 0.1) is 0 Å². The van der Waals surface area contributed by atoms with Crippen molar-refractivity contribution in [1.29, 1.82) is 0 Å². The second-order valence-electron chi connectivity index (χ2n) is 6.52. The number of benzene rings is 1. The zero-order chi connectivity index (χ0) is 16.4.